The van der Waals surface area contributed by atoms with Gasteiger partial charge in [0, 0.05) is 50.1 Å². The van der Waals surface area contributed by atoms with Gasteiger partial charge < -0.3 is 19.7 Å². The molecule has 11 nitrogen and oxygen atoms in total. The van der Waals surface area contributed by atoms with E-state index in [1.807, 2.05) is 37.4 Å². The number of hydrogen-bond donors (Lipinski definition) is 1. The minimum Gasteiger partial charge on any atom is -0.495 e. The molecule has 11 heteroatoms. The number of piperidine rings is 1. The first kappa shape index (κ1) is 22.0. The van der Waals surface area contributed by atoms with E-state index < -0.39 is 0 Å². The molecule has 1 fully saturated rings. The molecule has 1 aliphatic heterocycles. The number of benzene rings is 1. The van der Waals surface area contributed by atoms with E-state index in [9.17, 15) is 0 Å². The van der Waals surface area contributed by atoms with Crippen molar-refractivity contribution in [1.82, 2.24) is 35.2 Å². The lowest BCUT2D eigenvalue weighted by Crippen LogP contribution is -2.37. The number of nitrogens with zero attached hydrogens (tertiary/aromatic N) is 8. The third kappa shape index (κ3) is 4.21. The van der Waals surface area contributed by atoms with Crippen LogP contribution in [0.15, 0.2) is 30.5 Å². The molecular formula is C23H27N9O2. The fourth-order valence-corrected chi connectivity index (χ4v) is 4.27. The molecule has 0 atom stereocenters. The van der Waals surface area contributed by atoms with Crippen LogP contribution in [0.2, 0.25) is 0 Å². The van der Waals surface area contributed by atoms with Crippen molar-refractivity contribution in [2.24, 2.45) is 7.05 Å². The van der Waals surface area contributed by atoms with E-state index >= 15 is 0 Å². The van der Waals surface area contributed by atoms with Crippen LogP contribution in [0.25, 0.3) is 22.3 Å². The largest absolute Gasteiger partial charge is 0.495 e. The Morgan fingerprint density at radius 3 is 2.62 bits per heavy atom. The van der Waals surface area contributed by atoms with Crippen LogP contribution < -0.4 is 15.0 Å². The molecule has 34 heavy (non-hydrogen) atoms. The van der Waals surface area contributed by atoms with Gasteiger partial charge in [-0.1, -0.05) is 0 Å². The maximum Gasteiger partial charge on any atom is 0.227 e. The van der Waals surface area contributed by atoms with Crippen molar-refractivity contribution in [2.75, 3.05) is 37.5 Å². The van der Waals surface area contributed by atoms with Crippen molar-refractivity contribution in [3.05, 3.63) is 36.2 Å². The number of methoxy groups -OCH3 is 2. The van der Waals surface area contributed by atoms with Crippen molar-refractivity contribution in [2.45, 2.75) is 25.9 Å². The zero-order valence-corrected chi connectivity index (χ0v) is 19.7. The summed E-state index contributed by atoms with van der Waals surface area (Å²) >= 11 is 0. The summed E-state index contributed by atoms with van der Waals surface area (Å²) in [6, 6.07) is 7.72. The Morgan fingerprint density at radius 2 is 1.91 bits per heavy atom. The Balaban J connectivity index is 1.47. The highest BCUT2D eigenvalue weighted by molar-refractivity contribution is 5.89. The van der Waals surface area contributed by atoms with Gasteiger partial charge in [-0.15, -0.1) is 5.10 Å². The summed E-state index contributed by atoms with van der Waals surface area (Å²) in [5, 5.41) is 15.9. The third-order valence-electron chi connectivity index (χ3n) is 6.08. The average Bonchev–Trinajstić information content (AvgIpc) is 3.30. The van der Waals surface area contributed by atoms with Crippen LogP contribution >= 0.6 is 0 Å². The van der Waals surface area contributed by atoms with Gasteiger partial charge >= 0.3 is 0 Å². The zero-order chi connectivity index (χ0) is 23.7. The molecule has 0 aliphatic carbocycles. The normalized spacial score (nSPS) is 14.5. The summed E-state index contributed by atoms with van der Waals surface area (Å²) in [5.74, 6) is 2.63. The summed E-state index contributed by atoms with van der Waals surface area (Å²) in [5.41, 5.74) is 3.34. The second-order valence-electron chi connectivity index (χ2n) is 8.31. The van der Waals surface area contributed by atoms with E-state index in [4.69, 9.17) is 19.4 Å². The van der Waals surface area contributed by atoms with Gasteiger partial charge in [-0.3, -0.25) is 0 Å². The van der Waals surface area contributed by atoms with Crippen molar-refractivity contribution < 1.29 is 9.47 Å². The van der Waals surface area contributed by atoms with Crippen LogP contribution in [-0.2, 0) is 11.8 Å². The molecular weight excluding hydrogens is 434 g/mol. The number of ether oxygens (including phenoxy) is 2. The highest BCUT2D eigenvalue weighted by atomic mass is 16.5. The molecule has 3 aromatic heterocycles. The fourth-order valence-electron chi connectivity index (χ4n) is 4.27. The zero-order valence-electron chi connectivity index (χ0n) is 19.7. The number of nitrogens with one attached hydrogen (secondary N) is 1. The summed E-state index contributed by atoms with van der Waals surface area (Å²) in [4.78, 5) is 16.5. The van der Waals surface area contributed by atoms with Crippen molar-refractivity contribution in [3.63, 3.8) is 0 Å². The molecule has 1 aromatic carbocycles. The number of fused-ring (bicyclic) bond motifs is 1. The van der Waals surface area contributed by atoms with E-state index in [0.717, 1.165) is 59.6 Å². The van der Waals surface area contributed by atoms with Gasteiger partial charge in [0.1, 0.15) is 11.3 Å². The molecule has 1 aliphatic rings. The van der Waals surface area contributed by atoms with Crippen molar-refractivity contribution in [1.29, 1.82) is 0 Å². The molecule has 5 rings (SSSR count). The molecule has 4 aromatic rings. The number of aromatic nitrogens is 7. The summed E-state index contributed by atoms with van der Waals surface area (Å²) in [6.07, 6.45) is 4.06. The molecule has 0 radical (unpaired) electrons. The number of rotatable bonds is 6. The maximum absolute atomic E-state index is 5.61. The van der Waals surface area contributed by atoms with Crippen LogP contribution in [0.4, 0.5) is 17.5 Å². The van der Waals surface area contributed by atoms with Gasteiger partial charge in [0.2, 0.25) is 5.95 Å². The molecule has 1 saturated heterocycles. The third-order valence-corrected chi connectivity index (χ3v) is 6.08. The van der Waals surface area contributed by atoms with Crippen LogP contribution in [0.5, 0.6) is 5.75 Å². The number of hydrogen-bond acceptors (Lipinski definition) is 10. The van der Waals surface area contributed by atoms with Gasteiger partial charge in [0.05, 0.1) is 18.9 Å². The standard InChI is InChI=1S/C23H27N9O2/c1-14-11-16-13-24-23(27-20(16)22(25-14)32-9-7-17(33-3)8-10-32)26-18-6-5-15(12-19(18)34-4)21-28-29-30-31(21)2/h5-6,11-13,17H,7-10H2,1-4H3,(H,24,26,27). The lowest BCUT2D eigenvalue weighted by molar-refractivity contribution is 0.0818. The van der Waals surface area contributed by atoms with Gasteiger partial charge in [-0.2, -0.15) is 0 Å². The predicted molar refractivity (Wildman–Crippen MR) is 128 cm³/mol. The Morgan fingerprint density at radius 1 is 1.09 bits per heavy atom. The molecule has 0 saturated carbocycles. The van der Waals surface area contributed by atoms with E-state index in [-0.39, 0.29) is 0 Å². The average molecular weight is 462 g/mol. The van der Waals surface area contributed by atoms with Crippen LogP contribution in [0.1, 0.15) is 18.5 Å². The minimum absolute atomic E-state index is 0.298. The highest BCUT2D eigenvalue weighted by Crippen LogP contribution is 2.32. The lowest BCUT2D eigenvalue weighted by atomic mass is 10.1. The summed E-state index contributed by atoms with van der Waals surface area (Å²) in [6.45, 7) is 3.75. The number of aryl methyl sites for hydroxylation is 2. The molecule has 0 bridgehead atoms. The van der Waals surface area contributed by atoms with Crippen LogP contribution in [-0.4, -0.2) is 68.6 Å². The topological polar surface area (TPSA) is 116 Å². The number of pyridine rings is 1. The second-order valence-corrected chi connectivity index (χ2v) is 8.31. The molecule has 176 valence electrons. The molecule has 0 spiro atoms. The molecule has 4 heterocycles. The van der Waals surface area contributed by atoms with Crippen molar-refractivity contribution >= 4 is 28.4 Å². The van der Waals surface area contributed by atoms with Crippen LogP contribution in [0, 0.1) is 6.92 Å². The quantitative estimate of drug-likeness (QED) is 0.459. The number of tetrazole rings is 1. The predicted octanol–water partition coefficient (Wildman–Crippen LogP) is 2.89. The SMILES string of the molecule is COc1cc(-c2nnnn2C)ccc1Nc1ncc2cc(C)nc(N3CCC(OC)CC3)c2n1. The van der Waals surface area contributed by atoms with Crippen molar-refractivity contribution in [3.8, 4) is 17.1 Å². The summed E-state index contributed by atoms with van der Waals surface area (Å²) < 4.78 is 12.7. The van der Waals surface area contributed by atoms with Gasteiger partial charge in [-0.05, 0) is 54.5 Å². The van der Waals surface area contributed by atoms with E-state index in [0.29, 0.717) is 23.6 Å². The Labute approximate surface area is 197 Å². The first-order valence-corrected chi connectivity index (χ1v) is 11.2. The smallest absolute Gasteiger partial charge is 0.227 e. The molecule has 0 unspecified atom stereocenters. The first-order chi connectivity index (χ1) is 16.6. The minimum atomic E-state index is 0.298. The molecule has 1 N–H and O–H groups in total. The Kier molecular flexibility index (Phi) is 5.93. The van der Waals surface area contributed by atoms with E-state index in [2.05, 4.69) is 30.7 Å². The number of anilines is 3. The Bertz CT molecular complexity index is 1320. The maximum atomic E-state index is 5.61. The molecule has 0 amide bonds. The van der Waals surface area contributed by atoms with E-state index in [1.165, 1.54) is 0 Å². The van der Waals surface area contributed by atoms with Crippen LogP contribution in [0.3, 0.4) is 0 Å². The second kappa shape index (κ2) is 9.18. The fraction of sp³-hybridized carbons (Fsp3) is 0.391. The monoisotopic (exact) mass is 461 g/mol. The first-order valence-electron chi connectivity index (χ1n) is 11.2. The van der Waals surface area contributed by atoms with E-state index in [1.54, 1.807) is 25.9 Å². The summed E-state index contributed by atoms with van der Waals surface area (Å²) in [7, 11) is 5.19. The Hall–Kier alpha value is -3.86. The lowest BCUT2D eigenvalue weighted by Gasteiger charge is -2.32. The van der Waals surface area contributed by atoms with Gasteiger partial charge in [0.15, 0.2) is 11.6 Å². The highest BCUT2D eigenvalue weighted by Gasteiger charge is 2.22. The van der Waals surface area contributed by atoms with Gasteiger partial charge in [0.25, 0.3) is 0 Å². The van der Waals surface area contributed by atoms with Gasteiger partial charge in [-0.25, -0.2) is 19.6 Å².